The Labute approximate surface area is 147 Å². The summed E-state index contributed by atoms with van der Waals surface area (Å²) < 4.78 is 1.38. The number of aromatic nitrogens is 2. The lowest BCUT2D eigenvalue weighted by Crippen LogP contribution is -2.33. The van der Waals surface area contributed by atoms with Crippen molar-refractivity contribution < 1.29 is 0 Å². The van der Waals surface area contributed by atoms with Crippen molar-refractivity contribution >= 4 is 47.5 Å². The van der Waals surface area contributed by atoms with Crippen LogP contribution < -0.4 is 16.1 Å². The van der Waals surface area contributed by atoms with Crippen molar-refractivity contribution in [1.82, 2.24) is 9.78 Å². The number of nitrogens with zero attached hydrogens (tertiary/aromatic N) is 1. The minimum absolute atomic E-state index is 0.219. The zero-order chi connectivity index (χ0) is 16.6. The molecule has 0 aliphatic heterocycles. The molecule has 6 heteroatoms. The highest BCUT2D eigenvalue weighted by Gasteiger charge is 2.07. The van der Waals surface area contributed by atoms with Crippen LogP contribution in [0.25, 0.3) is 18.3 Å². The van der Waals surface area contributed by atoms with E-state index in [0.29, 0.717) is 31.3 Å². The van der Waals surface area contributed by atoms with E-state index in [4.69, 9.17) is 34.8 Å². The SMILES string of the molecule is C=c1[nH]n(-c2ccc(Cl)c(Cl)c2)c(=O)/c1=C\c1ccc(Cl)cc1. The van der Waals surface area contributed by atoms with Crippen LogP contribution in [-0.2, 0) is 0 Å². The molecule has 0 atom stereocenters. The van der Waals surface area contributed by atoms with Gasteiger partial charge in [-0.05, 0) is 42.0 Å². The molecule has 0 saturated heterocycles. The molecule has 116 valence electrons. The molecule has 3 aromatic rings. The molecule has 0 aliphatic carbocycles. The van der Waals surface area contributed by atoms with Crippen molar-refractivity contribution in [3.63, 3.8) is 0 Å². The number of hydrogen-bond donors (Lipinski definition) is 1. The highest BCUT2D eigenvalue weighted by atomic mass is 35.5. The van der Waals surface area contributed by atoms with E-state index in [-0.39, 0.29) is 5.56 Å². The van der Waals surface area contributed by atoms with Gasteiger partial charge in [-0.25, -0.2) is 4.68 Å². The number of hydrogen-bond acceptors (Lipinski definition) is 1. The maximum Gasteiger partial charge on any atom is 0.279 e. The Morgan fingerprint density at radius 1 is 1.00 bits per heavy atom. The van der Waals surface area contributed by atoms with Crippen LogP contribution in [0.3, 0.4) is 0 Å². The van der Waals surface area contributed by atoms with Gasteiger partial charge in [0, 0.05) is 5.02 Å². The van der Waals surface area contributed by atoms with Crippen molar-refractivity contribution in [2.45, 2.75) is 0 Å². The Bertz CT molecular complexity index is 1030. The molecule has 0 unspecified atom stereocenters. The zero-order valence-corrected chi connectivity index (χ0v) is 14.1. The van der Waals surface area contributed by atoms with E-state index in [1.807, 2.05) is 12.1 Å². The minimum atomic E-state index is -0.219. The van der Waals surface area contributed by atoms with Gasteiger partial charge in [0.2, 0.25) is 0 Å². The van der Waals surface area contributed by atoms with Crippen molar-refractivity contribution in [2.24, 2.45) is 0 Å². The molecule has 0 spiro atoms. The average Bonchev–Trinajstić information content (AvgIpc) is 2.80. The zero-order valence-electron chi connectivity index (χ0n) is 11.8. The molecule has 0 saturated carbocycles. The molecular weight excluding hydrogens is 355 g/mol. The number of nitrogens with one attached hydrogen (secondary N) is 1. The summed E-state index contributed by atoms with van der Waals surface area (Å²) in [5.74, 6) is 0. The Balaban J connectivity index is 2.17. The van der Waals surface area contributed by atoms with E-state index in [9.17, 15) is 4.79 Å². The first kappa shape index (κ1) is 15.9. The standard InChI is InChI=1S/C17H11Cl3N2O/c1-10-14(8-11-2-4-12(18)5-3-11)17(23)22(21-10)13-6-7-15(19)16(20)9-13/h2-9,21H,1H2/b14-8-. The summed E-state index contributed by atoms with van der Waals surface area (Å²) >= 11 is 17.8. The van der Waals surface area contributed by atoms with Gasteiger partial charge in [0.05, 0.1) is 26.3 Å². The second kappa shape index (κ2) is 6.28. The number of rotatable bonds is 2. The summed E-state index contributed by atoms with van der Waals surface area (Å²) in [7, 11) is 0. The third-order valence-electron chi connectivity index (χ3n) is 3.35. The van der Waals surface area contributed by atoms with Gasteiger partial charge in [0.1, 0.15) is 0 Å². The summed E-state index contributed by atoms with van der Waals surface area (Å²) in [6, 6.07) is 12.2. The first-order valence-electron chi connectivity index (χ1n) is 6.68. The maximum absolute atomic E-state index is 12.6. The lowest BCUT2D eigenvalue weighted by molar-refractivity contribution is 0.838. The van der Waals surface area contributed by atoms with Gasteiger partial charge in [0.25, 0.3) is 5.56 Å². The molecular formula is C17H11Cl3N2O. The molecule has 0 fully saturated rings. The largest absolute Gasteiger partial charge is 0.291 e. The molecule has 2 aromatic carbocycles. The quantitative estimate of drug-likeness (QED) is 0.743. The van der Waals surface area contributed by atoms with Crippen molar-refractivity contribution in [3.05, 3.63) is 84.0 Å². The monoisotopic (exact) mass is 364 g/mol. The Morgan fingerprint density at radius 3 is 2.35 bits per heavy atom. The van der Waals surface area contributed by atoms with E-state index in [2.05, 4.69) is 11.7 Å². The Kier molecular flexibility index (Phi) is 4.35. The van der Waals surface area contributed by atoms with Gasteiger partial charge in [-0.15, -0.1) is 0 Å². The highest BCUT2D eigenvalue weighted by molar-refractivity contribution is 6.42. The van der Waals surface area contributed by atoms with E-state index < -0.39 is 0 Å². The van der Waals surface area contributed by atoms with Gasteiger partial charge in [-0.3, -0.25) is 9.89 Å². The van der Waals surface area contributed by atoms with Crippen molar-refractivity contribution in [3.8, 4) is 5.69 Å². The van der Waals surface area contributed by atoms with Crippen LogP contribution >= 0.6 is 34.8 Å². The first-order valence-corrected chi connectivity index (χ1v) is 7.82. The van der Waals surface area contributed by atoms with Gasteiger partial charge in [-0.2, -0.15) is 0 Å². The fourth-order valence-corrected chi connectivity index (χ4v) is 2.59. The number of benzene rings is 2. The summed E-state index contributed by atoms with van der Waals surface area (Å²) in [6.45, 7) is 3.89. The van der Waals surface area contributed by atoms with Gasteiger partial charge in [0.15, 0.2) is 0 Å². The summed E-state index contributed by atoms with van der Waals surface area (Å²) in [5, 5.41) is 5.36. The van der Waals surface area contributed by atoms with Gasteiger partial charge in [-0.1, -0.05) is 53.5 Å². The number of halogens is 3. The Hall–Kier alpha value is -1.94. The molecule has 1 N–H and O–H groups in total. The molecule has 0 amide bonds. The number of aromatic amines is 1. The van der Waals surface area contributed by atoms with Gasteiger partial charge >= 0.3 is 0 Å². The molecule has 23 heavy (non-hydrogen) atoms. The van der Waals surface area contributed by atoms with E-state index >= 15 is 0 Å². The fourth-order valence-electron chi connectivity index (χ4n) is 2.18. The van der Waals surface area contributed by atoms with Crippen LogP contribution in [0.1, 0.15) is 5.56 Å². The molecule has 0 bridgehead atoms. The van der Waals surface area contributed by atoms with Gasteiger partial charge < -0.3 is 0 Å². The smallest absolute Gasteiger partial charge is 0.279 e. The maximum atomic E-state index is 12.6. The predicted molar refractivity (Wildman–Crippen MR) is 96.2 cm³/mol. The van der Waals surface area contributed by atoms with Crippen molar-refractivity contribution in [2.75, 3.05) is 0 Å². The molecule has 0 aliphatic rings. The lowest BCUT2D eigenvalue weighted by Gasteiger charge is -2.02. The normalized spacial score (nSPS) is 11.9. The minimum Gasteiger partial charge on any atom is -0.291 e. The van der Waals surface area contributed by atoms with E-state index in [1.165, 1.54) is 4.68 Å². The van der Waals surface area contributed by atoms with Crippen LogP contribution in [0.4, 0.5) is 0 Å². The van der Waals surface area contributed by atoms with Crippen LogP contribution in [-0.4, -0.2) is 9.78 Å². The Morgan fingerprint density at radius 2 is 1.70 bits per heavy atom. The molecule has 3 nitrogen and oxygen atoms in total. The molecule has 1 heterocycles. The first-order chi connectivity index (χ1) is 11.0. The second-order valence-corrected chi connectivity index (χ2v) is 6.19. The van der Waals surface area contributed by atoms with Crippen LogP contribution in [0.2, 0.25) is 15.1 Å². The van der Waals surface area contributed by atoms with E-state index in [1.54, 1.807) is 36.4 Å². The second-order valence-electron chi connectivity index (χ2n) is 4.94. The lowest BCUT2D eigenvalue weighted by atomic mass is 10.2. The van der Waals surface area contributed by atoms with E-state index in [0.717, 1.165) is 5.56 Å². The summed E-state index contributed by atoms with van der Waals surface area (Å²) in [5.41, 5.74) is 1.23. The molecule has 3 rings (SSSR count). The highest BCUT2D eigenvalue weighted by Crippen LogP contribution is 2.23. The average molecular weight is 366 g/mol. The van der Waals surface area contributed by atoms with Crippen LogP contribution in [0, 0.1) is 0 Å². The predicted octanol–water partition coefficient (Wildman–Crippen LogP) is 3.36. The molecule has 0 radical (unpaired) electrons. The summed E-state index contributed by atoms with van der Waals surface area (Å²) in [4.78, 5) is 12.6. The topological polar surface area (TPSA) is 37.8 Å². The van der Waals surface area contributed by atoms with Crippen LogP contribution in [0.15, 0.2) is 47.3 Å². The number of H-pyrrole nitrogens is 1. The molecule has 1 aromatic heterocycles. The fraction of sp³-hybridized carbons (Fsp3) is 0. The summed E-state index contributed by atoms with van der Waals surface area (Å²) in [6.07, 6.45) is 1.76. The van der Waals surface area contributed by atoms with Crippen molar-refractivity contribution in [1.29, 1.82) is 0 Å². The van der Waals surface area contributed by atoms with Crippen LogP contribution in [0.5, 0.6) is 0 Å². The third-order valence-corrected chi connectivity index (χ3v) is 4.34. The third kappa shape index (κ3) is 3.22.